The Morgan fingerprint density at radius 1 is 1.59 bits per heavy atom. The number of aromatic nitrogens is 2. The minimum atomic E-state index is 0.330. The van der Waals surface area contributed by atoms with E-state index in [1.165, 1.54) is 0 Å². The van der Waals surface area contributed by atoms with Crippen LogP contribution in [0.4, 0.5) is 0 Å². The lowest BCUT2D eigenvalue weighted by Gasteiger charge is -2.12. The van der Waals surface area contributed by atoms with Crippen molar-refractivity contribution in [2.24, 2.45) is 7.05 Å². The molecular formula is C12H16ClN3O. The zero-order chi connectivity index (χ0) is 12.3. The molecule has 2 aromatic heterocycles. The van der Waals surface area contributed by atoms with E-state index in [1.54, 1.807) is 12.5 Å². The summed E-state index contributed by atoms with van der Waals surface area (Å²) in [5, 5.41) is 4.04. The number of halogens is 1. The highest BCUT2D eigenvalue weighted by Gasteiger charge is 2.08. The van der Waals surface area contributed by atoms with Crippen LogP contribution in [0.3, 0.4) is 0 Å². The maximum Gasteiger partial charge on any atom is 0.128 e. The summed E-state index contributed by atoms with van der Waals surface area (Å²) in [7, 11) is 1.91. The molecule has 2 heterocycles. The number of nitrogens with zero attached hydrogens (tertiary/aromatic N) is 2. The van der Waals surface area contributed by atoms with Gasteiger partial charge in [0.05, 0.1) is 19.0 Å². The second-order valence-corrected chi connectivity index (χ2v) is 4.51. The fraction of sp³-hybridized carbons (Fsp3) is 0.417. The van der Waals surface area contributed by atoms with Crippen molar-refractivity contribution in [3.63, 3.8) is 0 Å². The van der Waals surface area contributed by atoms with Crippen LogP contribution < -0.4 is 5.32 Å². The molecule has 2 aromatic rings. The van der Waals surface area contributed by atoms with Crippen LogP contribution in [-0.2, 0) is 20.0 Å². The molecule has 5 heteroatoms. The van der Waals surface area contributed by atoms with Gasteiger partial charge in [-0.15, -0.1) is 0 Å². The SMILES string of the molecule is CC(Cc1ccco1)NCc1ncc(Cl)n1C. The second-order valence-electron chi connectivity index (χ2n) is 4.12. The molecule has 0 aromatic carbocycles. The van der Waals surface area contributed by atoms with Crippen LogP contribution in [0.15, 0.2) is 29.0 Å². The van der Waals surface area contributed by atoms with E-state index >= 15 is 0 Å². The lowest BCUT2D eigenvalue weighted by atomic mass is 10.2. The summed E-state index contributed by atoms with van der Waals surface area (Å²) in [5.41, 5.74) is 0. The predicted octanol–water partition coefficient (Wildman–Crippen LogP) is 2.39. The van der Waals surface area contributed by atoms with E-state index in [4.69, 9.17) is 16.0 Å². The summed E-state index contributed by atoms with van der Waals surface area (Å²) < 4.78 is 7.17. The summed E-state index contributed by atoms with van der Waals surface area (Å²) in [6, 6.07) is 4.22. The molecule has 0 aliphatic heterocycles. The van der Waals surface area contributed by atoms with Crippen molar-refractivity contribution >= 4 is 11.6 Å². The van der Waals surface area contributed by atoms with Crippen LogP contribution in [0.25, 0.3) is 0 Å². The van der Waals surface area contributed by atoms with E-state index < -0.39 is 0 Å². The van der Waals surface area contributed by atoms with Crippen LogP contribution in [-0.4, -0.2) is 15.6 Å². The summed E-state index contributed by atoms with van der Waals surface area (Å²) in [5.74, 6) is 1.92. The van der Waals surface area contributed by atoms with Gasteiger partial charge in [-0.1, -0.05) is 11.6 Å². The fourth-order valence-corrected chi connectivity index (χ4v) is 1.80. The minimum absolute atomic E-state index is 0.330. The smallest absolute Gasteiger partial charge is 0.128 e. The quantitative estimate of drug-likeness (QED) is 0.890. The third-order valence-corrected chi connectivity index (χ3v) is 3.07. The number of hydrogen-bond donors (Lipinski definition) is 1. The van der Waals surface area contributed by atoms with Gasteiger partial charge in [0, 0.05) is 19.5 Å². The van der Waals surface area contributed by atoms with Crippen LogP contribution in [0, 0.1) is 0 Å². The Balaban J connectivity index is 1.84. The fourth-order valence-electron chi connectivity index (χ4n) is 1.66. The van der Waals surface area contributed by atoms with Crippen molar-refractivity contribution < 1.29 is 4.42 Å². The standard InChI is InChI=1S/C12H16ClN3O/c1-9(6-10-4-3-5-17-10)14-8-12-15-7-11(13)16(12)2/h3-5,7,9,14H,6,8H2,1-2H3. The van der Waals surface area contributed by atoms with Crippen molar-refractivity contribution in [1.82, 2.24) is 14.9 Å². The Kier molecular flexibility index (Phi) is 3.86. The average molecular weight is 254 g/mol. The van der Waals surface area contributed by atoms with E-state index in [2.05, 4.69) is 17.2 Å². The third-order valence-electron chi connectivity index (χ3n) is 2.72. The average Bonchev–Trinajstić information content (AvgIpc) is 2.90. The summed E-state index contributed by atoms with van der Waals surface area (Å²) in [6.07, 6.45) is 4.22. The highest BCUT2D eigenvalue weighted by atomic mass is 35.5. The van der Waals surface area contributed by atoms with E-state index in [0.29, 0.717) is 17.7 Å². The Labute approximate surface area is 106 Å². The molecule has 4 nitrogen and oxygen atoms in total. The van der Waals surface area contributed by atoms with Gasteiger partial charge in [-0.3, -0.25) is 0 Å². The minimum Gasteiger partial charge on any atom is -0.469 e. The molecule has 0 spiro atoms. The number of hydrogen-bond acceptors (Lipinski definition) is 3. The van der Waals surface area contributed by atoms with Crippen molar-refractivity contribution in [3.05, 3.63) is 41.3 Å². The molecule has 1 unspecified atom stereocenters. The first-order chi connectivity index (χ1) is 8.16. The molecule has 0 bridgehead atoms. The largest absolute Gasteiger partial charge is 0.469 e. The van der Waals surface area contributed by atoms with Crippen LogP contribution >= 0.6 is 11.6 Å². The highest BCUT2D eigenvalue weighted by molar-refractivity contribution is 6.29. The van der Waals surface area contributed by atoms with Crippen molar-refractivity contribution in [2.45, 2.75) is 25.9 Å². The van der Waals surface area contributed by atoms with E-state index in [1.807, 2.05) is 23.7 Å². The number of nitrogens with one attached hydrogen (secondary N) is 1. The first-order valence-corrected chi connectivity index (χ1v) is 5.96. The van der Waals surface area contributed by atoms with Crippen LogP contribution in [0.2, 0.25) is 5.15 Å². The van der Waals surface area contributed by atoms with Gasteiger partial charge in [0.1, 0.15) is 16.7 Å². The van der Waals surface area contributed by atoms with Crippen LogP contribution in [0.1, 0.15) is 18.5 Å². The van der Waals surface area contributed by atoms with Crippen molar-refractivity contribution in [2.75, 3.05) is 0 Å². The summed E-state index contributed by atoms with van der Waals surface area (Å²) in [6.45, 7) is 2.82. The van der Waals surface area contributed by atoms with Gasteiger partial charge < -0.3 is 14.3 Å². The molecule has 0 amide bonds. The van der Waals surface area contributed by atoms with Crippen LogP contribution in [0.5, 0.6) is 0 Å². The first-order valence-electron chi connectivity index (χ1n) is 5.58. The van der Waals surface area contributed by atoms with Gasteiger partial charge in [-0.25, -0.2) is 4.98 Å². The molecule has 0 aliphatic carbocycles. The van der Waals surface area contributed by atoms with Gasteiger partial charge in [0.25, 0.3) is 0 Å². The first kappa shape index (κ1) is 12.2. The normalized spacial score (nSPS) is 12.9. The van der Waals surface area contributed by atoms with Gasteiger partial charge in [0.15, 0.2) is 0 Å². The van der Waals surface area contributed by atoms with Gasteiger partial charge >= 0.3 is 0 Å². The zero-order valence-electron chi connectivity index (χ0n) is 9.98. The lowest BCUT2D eigenvalue weighted by Crippen LogP contribution is -2.28. The van der Waals surface area contributed by atoms with Gasteiger partial charge in [-0.2, -0.15) is 0 Å². The van der Waals surface area contributed by atoms with Gasteiger partial charge in [-0.05, 0) is 19.1 Å². The Hall–Kier alpha value is -1.26. The summed E-state index contributed by atoms with van der Waals surface area (Å²) in [4.78, 5) is 4.23. The topological polar surface area (TPSA) is 43.0 Å². The molecule has 0 aliphatic rings. The molecule has 0 fully saturated rings. The predicted molar refractivity (Wildman–Crippen MR) is 66.9 cm³/mol. The number of imidazole rings is 1. The molecule has 92 valence electrons. The molecule has 2 rings (SSSR count). The molecular weight excluding hydrogens is 238 g/mol. The Morgan fingerprint density at radius 2 is 2.41 bits per heavy atom. The second kappa shape index (κ2) is 5.38. The maximum absolute atomic E-state index is 5.92. The van der Waals surface area contributed by atoms with Crippen molar-refractivity contribution in [3.8, 4) is 0 Å². The molecule has 1 N–H and O–H groups in total. The maximum atomic E-state index is 5.92. The Bertz CT molecular complexity index is 464. The highest BCUT2D eigenvalue weighted by Crippen LogP contribution is 2.09. The zero-order valence-corrected chi connectivity index (χ0v) is 10.7. The Morgan fingerprint density at radius 3 is 3.00 bits per heavy atom. The molecule has 0 saturated heterocycles. The molecule has 17 heavy (non-hydrogen) atoms. The lowest BCUT2D eigenvalue weighted by molar-refractivity contribution is 0.451. The monoisotopic (exact) mass is 253 g/mol. The number of rotatable bonds is 5. The van der Waals surface area contributed by atoms with E-state index in [9.17, 15) is 0 Å². The van der Waals surface area contributed by atoms with E-state index in [-0.39, 0.29) is 0 Å². The van der Waals surface area contributed by atoms with E-state index in [0.717, 1.165) is 18.0 Å². The van der Waals surface area contributed by atoms with Crippen molar-refractivity contribution in [1.29, 1.82) is 0 Å². The molecule has 1 atom stereocenters. The molecule has 0 saturated carbocycles. The summed E-state index contributed by atoms with van der Waals surface area (Å²) >= 11 is 5.92. The van der Waals surface area contributed by atoms with Gasteiger partial charge in [0.2, 0.25) is 0 Å². The third kappa shape index (κ3) is 3.11. The molecule has 0 radical (unpaired) electrons. The number of furan rings is 1.